The lowest BCUT2D eigenvalue weighted by molar-refractivity contribution is 0.230. The van der Waals surface area contributed by atoms with Crippen LogP contribution in [0.15, 0.2) is 23.2 Å². The summed E-state index contributed by atoms with van der Waals surface area (Å²) in [5, 5.41) is 12.2. The second-order valence-electron chi connectivity index (χ2n) is 5.99. The number of nitrogens with one attached hydrogen (secondary N) is 2. The highest BCUT2D eigenvalue weighted by atomic mass is 32.1. The van der Waals surface area contributed by atoms with Gasteiger partial charge in [0.15, 0.2) is 0 Å². The van der Waals surface area contributed by atoms with Crippen molar-refractivity contribution in [1.29, 1.82) is 0 Å². The molecule has 2 atom stereocenters. The lowest BCUT2D eigenvalue weighted by atomic mass is 10.2. The summed E-state index contributed by atoms with van der Waals surface area (Å²) in [6.07, 6.45) is 8.29. The Morgan fingerprint density at radius 1 is 0.955 bits per heavy atom. The molecule has 0 radical (unpaired) electrons. The van der Waals surface area contributed by atoms with Crippen LogP contribution in [-0.2, 0) is 0 Å². The summed E-state index contributed by atoms with van der Waals surface area (Å²) in [6.45, 7) is 0. The highest BCUT2D eigenvalue weighted by Gasteiger charge is 2.38. The van der Waals surface area contributed by atoms with E-state index in [0.717, 1.165) is 10.0 Å². The summed E-state index contributed by atoms with van der Waals surface area (Å²) in [4.78, 5) is 21.2. The predicted octanol–water partition coefficient (Wildman–Crippen LogP) is 3.50. The number of hydrogen-bond donors (Lipinski definition) is 2. The van der Waals surface area contributed by atoms with Crippen molar-refractivity contribution >= 4 is 28.7 Å². The normalized spacial score (nSPS) is 20.4. The number of thiazole rings is 2. The molecule has 2 unspecified atom stereocenters. The van der Waals surface area contributed by atoms with Crippen molar-refractivity contribution in [1.82, 2.24) is 20.6 Å². The summed E-state index contributed by atoms with van der Waals surface area (Å²) in [7, 11) is 0. The zero-order chi connectivity index (χ0) is 14.9. The van der Waals surface area contributed by atoms with E-state index in [4.69, 9.17) is 0 Å². The van der Waals surface area contributed by atoms with Gasteiger partial charge in [0.25, 0.3) is 0 Å². The molecule has 0 spiro atoms. The van der Waals surface area contributed by atoms with E-state index in [9.17, 15) is 4.79 Å². The second-order valence-corrected chi connectivity index (χ2v) is 7.84. The average molecular weight is 334 g/mol. The minimum atomic E-state index is -0.0980. The smallest absolute Gasteiger partial charge is 0.315 e. The van der Waals surface area contributed by atoms with Crippen LogP contribution in [0.1, 0.15) is 47.8 Å². The molecule has 0 aliphatic heterocycles. The van der Waals surface area contributed by atoms with E-state index < -0.39 is 0 Å². The number of carbonyl (C=O) groups is 1. The van der Waals surface area contributed by atoms with Crippen LogP contribution in [0.25, 0.3) is 0 Å². The monoisotopic (exact) mass is 334 g/mol. The zero-order valence-electron chi connectivity index (χ0n) is 12.1. The van der Waals surface area contributed by atoms with Gasteiger partial charge >= 0.3 is 6.03 Å². The highest BCUT2D eigenvalue weighted by Crippen LogP contribution is 2.43. The fraction of sp³-hybridized carbons (Fsp3) is 0.533. The molecule has 22 heavy (non-hydrogen) atoms. The highest BCUT2D eigenvalue weighted by molar-refractivity contribution is 7.09. The fourth-order valence-electron chi connectivity index (χ4n) is 2.72. The maximum absolute atomic E-state index is 12.5. The maximum atomic E-state index is 12.5. The van der Waals surface area contributed by atoms with Crippen molar-refractivity contribution in [3.05, 3.63) is 33.2 Å². The molecule has 5 nitrogen and oxygen atoms in total. The van der Waals surface area contributed by atoms with Gasteiger partial charge in [0.05, 0.1) is 12.1 Å². The first-order valence-corrected chi connectivity index (χ1v) is 9.43. The fourth-order valence-corrected chi connectivity index (χ4v) is 4.28. The topological polar surface area (TPSA) is 66.9 Å². The van der Waals surface area contributed by atoms with Crippen molar-refractivity contribution in [3.63, 3.8) is 0 Å². The van der Waals surface area contributed by atoms with E-state index in [2.05, 4.69) is 20.6 Å². The van der Waals surface area contributed by atoms with Crippen molar-refractivity contribution in [3.8, 4) is 0 Å². The van der Waals surface area contributed by atoms with Crippen LogP contribution < -0.4 is 10.6 Å². The summed E-state index contributed by atoms with van der Waals surface area (Å²) < 4.78 is 0. The molecule has 116 valence electrons. The molecule has 2 amide bonds. The average Bonchev–Trinajstić information content (AvgIpc) is 3.42. The number of nitrogens with zero attached hydrogens (tertiary/aromatic N) is 2. The molecule has 2 aliphatic carbocycles. The maximum Gasteiger partial charge on any atom is 0.315 e. The number of carbonyl (C=O) groups excluding carboxylic acids is 1. The van der Waals surface area contributed by atoms with Crippen LogP contribution >= 0.6 is 22.7 Å². The van der Waals surface area contributed by atoms with Gasteiger partial charge in [0, 0.05) is 23.2 Å². The van der Waals surface area contributed by atoms with Crippen molar-refractivity contribution in [2.45, 2.75) is 37.8 Å². The van der Waals surface area contributed by atoms with E-state index in [1.807, 2.05) is 10.8 Å². The number of hydrogen-bond acceptors (Lipinski definition) is 5. The molecule has 2 aromatic rings. The van der Waals surface area contributed by atoms with E-state index in [-0.39, 0.29) is 18.1 Å². The molecule has 0 bridgehead atoms. The van der Waals surface area contributed by atoms with Gasteiger partial charge in [0.1, 0.15) is 10.0 Å². The third kappa shape index (κ3) is 3.15. The third-order valence-electron chi connectivity index (χ3n) is 4.19. The SMILES string of the molecule is O=C(NC(c1nccs1)C1CC1)NC(c1nccs1)C1CC1. The minimum absolute atomic E-state index is 0.0520. The lowest BCUT2D eigenvalue weighted by Gasteiger charge is -2.20. The molecule has 2 aromatic heterocycles. The van der Waals surface area contributed by atoms with Crippen LogP contribution in [0.5, 0.6) is 0 Å². The molecule has 2 fully saturated rings. The van der Waals surface area contributed by atoms with E-state index in [1.54, 1.807) is 35.1 Å². The van der Waals surface area contributed by atoms with Crippen LogP contribution in [0.4, 0.5) is 4.79 Å². The van der Waals surface area contributed by atoms with Gasteiger partial charge in [-0.15, -0.1) is 22.7 Å². The van der Waals surface area contributed by atoms with Gasteiger partial charge in [-0.25, -0.2) is 14.8 Å². The van der Waals surface area contributed by atoms with E-state index in [1.165, 1.54) is 25.7 Å². The summed E-state index contributed by atoms with van der Waals surface area (Å²) in [5.41, 5.74) is 0. The molecule has 4 rings (SSSR count). The molecule has 2 aliphatic rings. The molecule has 2 saturated carbocycles. The van der Waals surface area contributed by atoms with Gasteiger partial charge < -0.3 is 10.6 Å². The molecule has 0 aromatic carbocycles. The molecule has 2 heterocycles. The van der Waals surface area contributed by atoms with Gasteiger partial charge in [0.2, 0.25) is 0 Å². The standard InChI is InChI=1S/C15H18N4OS2/c20-15(18-11(9-1-2-9)13-16-5-7-21-13)19-12(10-3-4-10)14-17-6-8-22-14/h5-12H,1-4H2,(H2,18,19,20). The summed E-state index contributed by atoms with van der Waals surface area (Å²) in [5.74, 6) is 1.08. The molecular formula is C15H18N4OS2. The zero-order valence-corrected chi connectivity index (χ0v) is 13.7. The second kappa shape index (κ2) is 5.96. The van der Waals surface area contributed by atoms with Crippen molar-refractivity contribution in [2.24, 2.45) is 11.8 Å². The first-order valence-electron chi connectivity index (χ1n) is 7.67. The Balaban J connectivity index is 1.42. The van der Waals surface area contributed by atoms with Gasteiger partial charge in [-0.3, -0.25) is 0 Å². The van der Waals surface area contributed by atoms with Crippen LogP contribution in [0, 0.1) is 11.8 Å². The van der Waals surface area contributed by atoms with E-state index >= 15 is 0 Å². The Morgan fingerprint density at radius 3 is 1.73 bits per heavy atom. The Hall–Kier alpha value is -1.47. The quantitative estimate of drug-likeness (QED) is 0.849. The molecule has 2 N–H and O–H groups in total. The van der Waals surface area contributed by atoms with Crippen LogP contribution in [-0.4, -0.2) is 16.0 Å². The van der Waals surface area contributed by atoms with Crippen LogP contribution in [0.2, 0.25) is 0 Å². The van der Waals surface area contributed by atoms with Gasteiger partial charge in [-0.2, -0.15) is 0 Å². The summed E-state index contributed by atoms with van der Waals surface area (Å²) in [6, 6.07) is 0.00601. The number of urea groups is 1. The van der Waals surface area contributed by atoms with Crippen LogP contribution in [0.3, 0.4) is 0 Å². The Morgan fingerprint density at radius 2 is 1.41 bits per heavy atom. The minimum Gasteiger partial charge on any atom is -0.329 e. The van der Waals surface area contributed by atoms with E-state index in [0.29, 0.717) is 11.8 Å². The predicted molar refractivity (Wildman–Crippen MR) is 86.8 cm³/mol. The number of aromatic nitrogens is 2. The Bertz CT molecular complexity index is 566. The third-order valence-corrected chi connectivity index (χ3v) is 5.91. The molecule has 0 saturated heterocycles. The Labute approximate surface area is 137 Å². The first-order chi connectivity index (χ1) is 10.8. The largest absolute Gasteiger partial charge is 0.329 e. The molecule has 7 heteroatoms. The van der Waals surface area contributed by atoms with Gasteiger partial charge in [-0.05, 0) is 37.5 Å². The number of rotatable bonds is 6. The lowest BCUT2D eigenvalue weighted by Crippen LogP contribution is -2.41. The first kappa shape index (κ1) is 14.1. The van der Waals surface area contributed by atoms with Crippen molar-refractivity contribution < 1.29 is 4.79 Å². The van der Waals surface area contributed by atoms with Crippen molar-refractivity contribution in [2.75, 3.05) is 0 Å². The number of amides is 2. The Kier molecular flexibility index (Phi) is 3.83. The summed E-state index contributed by atoms with van der Waals surface area (Å²) >= 11 is 3.23. The molecular weight excluding hydrogens is 316 g/mol. The van der Waals surface area contributed by atoms with Gasteiger partial charge in [-0.1, -0.05) is 0 Å².